The van der Waals surface area contributed by atoms with E-state index < -0.39 is 0 Å². The first-order chi connectivity index (χ1) is 13.1. The zero-order valence-electron chi connectivity index (χ0n) is 15.4. The van der Waals surface area contributed by atoms with Crippen molar-refractivity contribution in [3.05, 3.63) is 36.7 Å². The molecule has 3 heterocycles. The van der Waals surface area contributed by atoms with E-state index >= 15 is 0 Å². The lowest BCUT2D eigenvalue weighted by molar-refractivity contribution is -0.122. The average molecular weight is 366 g/mol. The van der Waals surface area contributed by atoms with Crippen LogP contribution in [0.5, 0.6) is 0 Å². The van der Waals surface area contributed by atoms with Gasteiger partial charge in [0.15, 0.2) is 0 Å². The summed E-state index contributed by atoms with van der Waals surface area (Å²) in [4.78, 5) is 19.1. The summed E-state index contributed by atoms with van der Waals surface area (Å²) in [5.74, 6) is 0.484. The zero-order valence-corrected chi connectivity index (χ0v) is 15.4. The molecule has 1 atom stereocenters. The van der Waals surface area contributed by atoms with Crippen LogP contribution < -0.4 is 5.32 Å². The molecular weight excluding hydrogens is 344 g/mol. The van der Waals surface area contributed by atoms with Gasteiger partial charge in [-0.05, 0) is 24.4 Å². The summed E-state index contributed by atoms with van der Waals surface area (Å²) < 4.78 is 7.02. The number of fused-ring (bicyclic) bond motifs is 1. The Kier molecular flexibility index (Phi) is 4.83. The zero-order chi connectivity index (χ0) is 18.8. The Bertz CT molecular complexity index is 964. The van der Waals surface area contributed by atoms with Gasteiger partial charge in [-0.2, -0.15) is 0 Å². The molecule has 140 valence electrons. The lowest BCUT2D eigenvalue weighted by Crippen LogP contribution is -2.47. The Labute approximate surface area is 157 Å². The molecule has 4 rings (SSSR count). The Morgan fingerprint density at radius 2 is 2.04 bits per heavy atom. The second-order valence-electron chi connectivity index (χ2n) is 6.72. The van der Waals surface area contributed by atoms with Crippen molar-refractivity contribution in [3.8, 4) is 11.3 Å². The van der Waals surface area contributed by atoms with Crippen molar-refractivity contribution in [3.63, 3.8) is 0 Å². The number of rotatable bonds is 4. The van der Waals surface area contributed by atoms with Gasteiger partial charge in [-0.25, -0.2) is 4.98 Å². The fourth-order valence-electron chi connectivity index (χ4n) is 3.21. The van der Waals surface area contributed by atoms with Crippen LogP contribution in [0.15, 0.2) is 36.7 Å². The minimum atomic E-state index is -0.225. The highest BCUT2D eigenvalue weighted by molar-refractivity contribution is 5.96. The Morgan fingerprint density at radius 1 is 1.22 bits per heavy atom. The molecule has 1 N–H and O–H groups in total. The smallest absolute Gasteiger partial charge is 0.242 e. The normalized spacial score (nSPS) is 16.4. The van der Waals surface area contributed by atoms with Crippen LogP contribution in [0.25, 0.3) is 22.0 Å². The second kappa shape index (κ2) is 7.42. The van der Waals surface area contributed by atoms with E-state index in [2.05, 4.69) is 25.5 Å². The fraction of sp³-hybridized carbons (Fsp3) is 0.368. The molecule has 1 amide bonds. The maximum absolute atomic E-state index is 12.6. The van der Waals surface area contributed by atoms with Crippen molar-refractivity contribution < 1.29 is 9.53 Å². The summed E-state index contributed by atoms with van der Waals surface area (Å²) in [5.41, 5.74) is 1.78. The summed E-state index contributed by atoms with van der Waals surface area (Å²) in [6.07, 6.45) is 3.64. The lowest BCUT2D eigenvalue weighted by atomic mass is 10.1. The second-order valence-corrected chi connectivity index (χ2v) is 6.72. The van der Waals surface area contributed by atoms with Crippen molar-refractivity contribution in [2.75, 3.05) is 31.6 Å². The molecule has 1 fully saturated rings. The number of anilines is 1. The summed E-state index contributed by atoms with van der Waals surface area (Å²) >= 11 is 0. The van der Waals surface area contributed by atoms with Crippen molar-refractivity contribution in [1.29, 1.82) is 0 Å². The maximum atomic E-state index is 12.6. The quantitative estimate of drug-likeness (QED) is 0.756. The topological polar surface area (TPSA) is 85.2 Å². The number of nitrogens with one attached hydrogen (secondary N) is 1. The number of benzene rings is 1. The van der Waals surface area contributed by atoms with Crippen LogP contribution in [0.2, 0.25) is 0 Å². The van der Waals surface area contributed by atoms with Gasteiger partial charge in [-0.3, -0.25) is 14.4 Å². The van der Waals surface area contributed by atoms with E-state index in [-0.39, 0.29) is 11.9 Å². The number of carbonyl (C=O) groups is 1. The minimum Gasteiger partial charge on any atom is -0.379 e. The molecule has 3 aromatic rings. The highest BCUT2D eigenvalue weighted by atomic mass is 16.5. The van der Waals surface area contributed by atoms with E-state index in [4.69, 9.17) is 4.74 Å². The molecule has 8 nitrogen and oxygen atoms in total. The van der Waals surface area contributed by atoms with Gasteiger partial charge in [0.1, 0.15) is 11.5 Å². The van der Waals surface area contributed by atoms with Gasteiger partial charge in [-0.1, -0.05) is 17.3 Å². The van der Waals surface area contributed by atoms with Crippen LogP contribution >= 0.6 is 0 Å². The first kappa shape index (κ1) is 17.6. The van der Waals surface area contributed by atoms with Crippen molar-refractivity contribution >= 4 is 22.5 Å². The first-order valence-electron chi connectivity index (χ1n) is 8.99. The van der Waals surface area contributed by atoms with Gasteiger partial charge in [0.25, 0.3) is 0 Å². The van der Waals surface area contributed by atoms with Gasteiger partial charge >= 0.3 is 0 Å². The third kappa shape index (κ3) is 3.81. The van der Waals surface area contributed by atoms with Crippen molar-refractivity contribution in [2.24, 2.45) is 7.05 Å². The van der Waals surface area contributed by atoms with Crippen LogP contribution in [0.3, 0.4) is 0 Å². The highest BCUT2D eigenvalue weighted by Crippen LogP contribution is 2.24. The van der Waals surface area contributed by atoms with Crippen molar-refractivity contribution in [2.45, 2.75) is 13.0 Å². The molecule has 0 radical (unpaired) electrons. The van der Waals surface area contributed by atoms with E-state index in [1.165, 1.54) is 0 Å². The third-order valence-electron chi connectivity index (χ3n) is 4.84. The Hall–Kier alpha value is -2.84. The summed E-state index contributed by atoms with van der Waals surface area (Å²) in [7, 11) is 1.84. The number of aryl methyl sites for hydroxylation is 1. The molecule has 1 aliphatic rings. The standard InChI is InChI=1S/C19H22N6O2/c1-13(25-5-7-27-8-6-25)19(26)21-18-10-16-9-14(3-4-15(16)11-20-18)17-12-24(2)23-22-17/h3-4,9-13H,5-8H2,1-2H3,(H,20,21,26)/t13-/m0/s1. The van der Waals surface area contributed by atoms with Crippen LogP contribution in [0, 0.1) is 0 Å². The number of pyridine rings is 1. The predicted octanol–water partition coefficient (Wildman–Crippen LogP) is 1.69. The number of aromatic nitrogens is 4. The predicted molar refractivity (Wildman–Crippen MR) is 102 cm³/mol. The van der Waals surface area contributed by atoms with E-state index in [9.17, 15) is 4.79 Å². The maximum Gasteiger partial charge on any atom is 0.242 e. The van der Waals surface area contributed by atoms with E-state index in [0.29, 0.717) is 19.0 Å². The molecule has 1 aromatic carbocycles. The summed E-state index contributed by atoms with van der Waals surface area (Å²) in [5, 5.41) is 13.0. The lowest BCUT2D eigenvalue weighted by Gasteiger charge is -2.31. The Balaban J connectivity index is 1.54. The molecule has 0 spiro atoms. The number of ether oxygens (including phenoxy) is 1. The number of carbonyl (C=O) groups excluding carboxylic acids is 1. The monoisotopic (exact) mass is 366 g/mol. The average Bonchev–Trinajstić information content (AvgIpc) is 3.14. The SMILES string of the molecule is C[C@@H](C(=O)Nc1cc2cc(-c3cn(C)nn3)ccc2cn1)N1CCOCC1. The van der Waals surface area contributed by atoms with Gasteiger partial charge in [0, 0.05) is 37.3 Å². The van der Waals surface area contributed by atoms with Crippen LogP contribution in [0.1, 0.15) is 6.92 Å². The molecule has 0 bridgehead atoms. The molecule has 27 heavy (non-hydrogen) atoms. The molecule has 8 heteroatoms. The number of nitrogens with zero attached hydrogens (tertiary/aromatic N) is 5. The number of morpholine rings is 1. The molecule has 0 aliphatic carbocycles. The largest absolute Gasteiger partial charge is 0.379 e. The van der Waals surface area contributed by atoms with Crippen LogP contribution in [-0.2, 0) is 16.6 Å². The van der Waals surface area contributed by atoms with Gasteiger partial charge in [-0.15, -0.1) is 5.10 Å². The van der Waals surface area contributed by atoms with E-state index in [1.807, 2.05) is 44.4 Å². The van der Waals surface area contributed by atoms with Gasteiger partial charge < -0.3 is 10.1 Å². The summed E-state index contributed by atoms with van der Waals surface area (Å²) in [6, 6.07) is 7.68. The highest BCUT2D eigenvalue weighted by Gasteiger charge is 2.23. The molecular formula is C19H22N6O2. The number of hydrogen-bond donors (Lipinski definition) is 1. The first-order valence-corrected chi connectivity index (χ1v) is 8.99. The van der Waals surface area contributed by atoms with Gasteiger partial charge in [0.05, 0.1) is 25.5 Å². The third-order valence-corrected chi connectivity index (χ3v) is 4.84. The molecule has 2 aromatic heterocycles. The Morgan fingerprint density at radius 3 is 2.78 bits per heavy atom. The van der Waals surface area contributed by atoms with E-state index in [1.54, 1.807) is 10.9 Å². The number of amides is 1. The minimum absolute atomic E-state index is 0.0613. The van der Waals surface area contributed by atoms with Gasteiger partial charge in [0.2, 0.25) is 5.91 Å². The molecule has 0 saturated carbocycles. The van der Waals surface area contributed by atoms with Crippen LogP contribution in [-0.4, -0.2) is 63.1 Å². The fourth-order valence-corrected chi connectivity index (χ4v) is 3.21. The van der Waals surface area contributed by atoms with Crippen LogP contribution in [0.4, 0.5) is 5.82 Å². The molecule has 0 unspecified atom stereocenters. The number of hydrogen-bond acceptors (Lipinski definition) is 6. The molecule has 1 saturated heterocycles. The van der Waals surface area contributed by atoms with Crippen molar-refractivity contribution in [1.82, 2.24) is 24.9 Å². The van der Waals surface area contributed by atoms with E-state index in [0.717, 1.165) is 35.1 Å². The molecule has 1 aliphatic heterocycles. The summed E-state index contributed by atoms with van der Waals surface area (Å²) in [6.45, 7) is 4.77.